The largest absolute Gasteiger partial charge is 0.459 e. The third-order valence-corrected chi connectivity index (χ3v) is 2.54. The number of amides is 1. The van der Waals surface area contributed by atoms with Crippen LogP contribution in [0.1, 0.15) is 26.3 Å². The highest BCUT2D eigenvalue weighted by Crippen LogP contribution is 2.07. The first-order chi connectivity index (χ1) is 10.8. The topological polar surface area (TPSA) is 94.1 Å². The molecule has 0 heterocycles. The third kappa shape index (κ3) is 7.78. The van der Waals surface area contributed by atoms with E-state index < -0.39 is 23.7 Å². The maximum Gasteiger partial charge on any atom is 0.408 e. The molecule has 1 N–H and O–H groups in total. The standard InChI is InChI=1S/C16H20N2O5/c1-16(2,3)23-15(21)18-13(9-17-11-19)14(20)22-10-12-7-5-4-6-8-12/h4-8,13H,9-10H2,1-3H3,(H,18,21)/t13-/m1/s1. The van der Waals surface area contributed by atoms with Crippen LogP contribution in [-0.2, 0) is 25.7 Å². The van der Waals surface area contributed by atoms with Crippen LogP contribution < -0.4 is 5.32 Å². The number of benzene rings is 1. The van der Waals surface area contributed by atoms with Crippen molar-refractivity contribution in [1.29, 1.82) is 0 Å². The van der Waals surface area contributed by atoms with Crippen LogP contribution in [0.25, 0.3) is 0 Å². The fourth-order valence-corrected chi connectivity index (χ4v) is 1.59. The average molecular weight is 320 g/mol. The summed E-state index contributed by atoms with van der Waals surface area (Å²) in [6.45, 7) is 4.87. The minimum atomic E-state index is -1.12. The Bertz CT molecular complexity index is 574. The van der Waals surface area contributed by atoms with Gasteiger partial charge in [-0.15, -0.1) is 0 Å². The second-order valence-electron chi connectivity index (χ2n) is 5.72. The molecule has 7 nitrogen and oxygen atoms in total. The Morgan fingerprint density at radius 1 is 1.26 bits per heavy atom. The lowest BCUT2D eigenvalue weighted by Crippen LogP contribution is -2.46. The molecule has 7 heteroatoms. The Morgan fingerprint density at radius 3 is 2.48 bits per heavy atom. The van der Waals surface area contributed by atoms with E-state index in [-0.39, 0.29) is 13.2 Å². The van der Waals surface area contributed by atoms with Crippen molar-refractivity contribution in [2.75, 3.05) is 6.54 Å². The number of nitrogens with one attached hydrogen (secondary N) is 1. The summed E-state index contributed by atoms with van der Waals surface area (Å²) in [4.78, 5) is 37.3. The van der Waals surface area contributed by atoms with E-state index in [4.69, 9.17) is 9.47 Å². The molecular formula is C16H20N2O5. The first-order valence-corrected chi connectivity index (χ1v) is 7.05. The summed E-state index contributed by atoms with van der Waals surface area (Å²) in [5.74, 6) is -0.710. The highest BCUT2D eigenvalue weighted by atomic mass is 16.6. The molecular weight excluding hydrogens is 300 g/mol. The summed E-state index contributed by atoms with van der Waals surface area (Å²) in [7, 11) is 0. The quantitative estimate of drug-likeness (QED) is 0.491. The molecule has 1 aromatic rings. The Labute approximate surface area is 134 Å². The molecule has 0 aliphatic heterocycles. The van der Waals surface area contributed by atoms with E-state index in [0.29, 0.717) is 0 Å². The summed E-state index contributed by atoms with van der Waals surface area (Å²) in [5.41, 5.74) is 0.0898. The van der Waals surface area contributed by atoms with Crippen molar-refractivity contribution in [1.82, 2.24) is 5.32 Å². The van der Waals surface area contributed by atoms with E-state index in [1.54, 1.807) is 32.9 Å². The first-order valence-electron chi connectivity index (χ1n) is 7.05. The maximum atomic E-state index is 12.0. The molecule has 0 spiro atoms. The first kappa shape index (κ1) is 18.4. The number of ether oxygens (including phenoxy) is 2. The Kier molecular flexibility index (Phi) is 6.96. The van der Waals surface area contributed by atoms with Gasteiger partial charge in [-0.25, -0.2) is 19.4 Å². The average Bonchev–Trinajstić information content (AvgIpc) is 2.48. The minimum absolute atomic E-state index is 0.0526. The highest BCUT2D eigenvalue weighted by molar-refractivity contribution is 5.81. The van der Waals surface area contributed by atoms with Crippen LogP contribution in [0.3, 0.4) is 0 Å². The predicted molar refractivity (Wildman–Crippen MR) is 82.4 cm³/mol. The molecule has 23 heavy (non-hydrogen) atoms. The number of aliphatic imine (C=N–C) groups is 1. The maximum absolute atomic E-state index is 12.0. The van der Waals surface area contributed by atoms with Crippen LogP contribution in [-0.4, -0.2) is 36.3 Å². The van der Waals surface area contributed by atoms with Gasteiger partial charge < -0.3 is 14.8 Å². The molecule has 0 unspecified atom stereocenters. The molecule has 0 aliphatic rings. The molecule has 1 amide bonds. The summed E-state index contributed by atoms with van der Waals surface area (Å²) in [5, 5.41) is 2.34. The van der Waals surface area contributed by atoms with E-state index >= 15 is 0 Å². The molecule has 0 fully saturated rings. The SMILES string of the molecule is CC(C)(C)OC(=O)N[C@H](CN=C=O)C(=O)OCc1ccccc1. The molecule has 0 bridgehead atoms. The van der Waals surface area contributed by atoms with Crippen molar-refractivity contribution in [2.45, 2.75) is 39.0 Å². The second-order valence-corrected chi connectivity index (χ2v) is 5.72. The second kappa shape index (κ2) is 8.70. The molecule has 0 saturated carbocycles. The van der Waals surface area contributed by atoms with E-state index in [9.17, 15) is 14.4 Å². The number of rotatable bonds is 6. The van der Waals surface area contributed by atoms with Gasteiger partial charge in [-0.2, -0.15) is 0 Å². The number of carbonyl (C=O) groups is 2. The van der Waals surface area contributed by atoms with Gasteiger partial charge in [0, 0.05) is 0 Å². The number of isocyanates is 1. The fraction of sp³-hybridized carbons (Fsp3) is 0.438. The molecule has 0 saturated heterocycles. The van der Waals surface area contributed by atoms with Gasteiger partial charge in [-0.1, -0.05) is 30.3 Å². The van der Waals surface area contributed by atoms with Gasteiger partial charge in [0.25, 0.3) is 0 Å². The zero-order chi connectivity index (χ0) is 17.3. The molecule has 1 rings (SSSR count). The lowest BCUT2D eigenvalue weighted by molar-refractivity contribution is -0.147. The van der Waals surface area contributed by atoms with E-state index in [1.165, 1.54) is 6.08 Å². The highest BCUT2D eigenvalue weighted by Gasteiger charge is 2.25. The number of hydrogen-bond acceptors (Lipinski definition) is 6. The van der Waals surface area contributed by atoms with Gasteiger partial charge in [-0.05, 0) is 26.3 Å². The van der Waals surface area contributed by atoms with Gasteiger partial charge in [0.2, 0.25) is 6.08 Å². The van der Waals surface area contributed by atoms with E-state index in [0.717, 1.165) is 5.56 Å². The summed E-state index contributed by atoms with van der Waals surface area (Å²) >= 11 is 0. The number of hydrogen-bond donors (Lipinski definition) is 1. The molecule has 0 aliphatic carbocycles. The van der Waals surface area contributed by atoms with E-state index in [1.807, 2.05) is 18.2 Å². The Balaban J connectivity index is 2.63. The number of esters is 1. The molecule has 124 valence electrons. The molecule has 0 aromatic heterocycles. The summed E-state index contributed by atoms with van der Waals surface area (Å²) < 4.78 is 10.2. The third-order valence-electron chi connectivity index (χ3n) is 2.54. The lowest BCUT2D eigenvalue weighted by Gasteiger charge is -2.22. The molecule has 1 atom stereocenters. The smallest absolute Gasteiger partial charge is 0.408 e. The van der Waals surface area contributed by atoms with Crippen LogP contribution in [0.2, 0.25) is 0 Å². The Hall–Kier alpha value is -2.66. The van der Waals surface area contributed by atoms with Gasteiger partial charge in [0.05, 0.1) is 6.54 Å². The zero-order valence-corrected chi connectivity index (χ0v) is 13.4. The lowest BCUT2D eigenvalue weighted by atomic mass is 10.2. The van der Waals surface area contributed by atoms with Crippen molar-refractivity contribution in [3.8, 4) is 0 Å². The van der Waals surface area contributed by atoms with Crippen molar-refractivity contribution in [2.24, 2.45) is 4.99 Å². The van der Waals surface area contributed by atoms with Crippen molar-refractivity contribution < 1.29 is 23.9 Å². The van der Waals surface area contributed by atoms with Crippen molar-refractivity contribution in [3.05, 3.63) is 35.9 Å². The number of carbonyl (C=O) groups excluding carboxylic acids is 3. The minimum Gasteiger partial charge on any atom is -0.459 e. The van der Waals surface area contributed by atoms with Gasteiger partial charge in [0.1, 0.15) is 12.2 Å². The van der Waals surface area contributed by atoms with Crippen molar-refractivity contribution >= 4 is 18.1 Å². The van der Waals surface area contributed by atoms with Gasteiger partial charge >= 0.3 is 12.1 Å². The van der Waals surface area contributed by atoms with Gasteiger partial charge in [-0.3, -0.25) is 0 Å². The van der Waals surface area contributed by atoms with Crippen LogP contribution in [0, 0.1) is 0 Å². The summed E-state index contributed by atoms with van der Waals surface area (Å²) in [6.07, 6.45) is 0.532. The van der Waals surface area contributed by atoms with Crippen LogP contribution in [0.15, 0.2) is 35.3 Å². The normalized spacial score (nSPS) is 11.8. The number of alkyl carbamates (subject to hydrolysis) is 1. The van der Waals surface area contributed by atoms with Crippen molar-refractivity contribution in [3.63, 3.8) is 0 Å². The van der Waals surface area contributed by atoms with Gasteiger partial charge in [0.15, 0.2) is 6.04 Å². The molecule has 0 radical (unpaired) electrons. The zero-order valence-electron chi connectivity index (χ0n) is 13.4. The monoisotopic (exact) mass is 320 g/mol. The van der Waals surface area contributed by atoms with Crippen LogP contribution >= 0.6 is 0 Å². The Morgan fingerprint density at radius 2 is 1.91 bits per heavy atom. The van der Waals surface area contributed by atoms with E-state index in [2.05, 4.69) is 10.3 Å². The van der Waals surface area contributed by atoms with Crippen LogP contribution in [0.5, 0.6) is 0 Å². The summed E-state index contributed by atoms with van der Waals surface area (Å²) in [6, 6.07) is 7.96. The predicted octanol–water partition coefficient (Wildman–Crippen LogP) is 1.96. The van der Waals surface area contributed by atoms with Crippen LogP contribution in [0.4, 0.5) is 4.79 Å². The molecule has 1 aromatic carbocycles. The fourth-order valence-electron chi connectivity index (χ4n) is 1.59. The number of nitrogens with zero attached hydrogens (tertiary/aromatic N) is 1.